The van der Waals surface area contributed by atoms with Gasteiger partial charge < -0.3 is 9.47 Å². The molecule has 1 aromatic heterocycles. The van der Waals surface area contributed by atoms with Gasteiger partial charge in [0.1, 0.15) is 17.4 Å². The van der Waals surface area contributed by atoms with Crippen LogP contribution in [-0.4, -0.2) is 28.8 Å². The Balaban J connectivity index is 1.87. The molecule has 0 bridgehead atoms. The fraction of sp³-hybridized carbons (Fsp3) is 0.357. The third-order valence-corrected chi connectivity index (χ3v) is 3.36. The van der Waals surface area contributed by atoms with E-state index in [4.69, 9.17) is 9.47 Å². The minimum atomic E-state index is -0.619. The molecular weight excluding hydrogens is 290 g/mol. The van der Waals surface area contributed by atoms with E-state index in [-0.39, 0.29) is 5.91 Å². The third kappa shape index (κ3) is 4.80. The van der Waals surface area contributed by atoms with E-state index >= 15 is 0 Å². The van der Waals surface area contributed by atoms with Crippen molar-refractivity contribution in [1.82, 2.24) is 10.2 Å². The van der Waals surface area contributed by atoms with Gasteiger partial charge in [-0.1, -0.05) is 29.5 Å². The number of hydrogen-bond donors (Lipinski definition) is 1. The number of anilines is 1. The molecule has 0 fully saturated rings. The van der Waals surface area contributed by atoms with Crippen LogP contribution in [0.5, 0.6) is 5.75 Å². The average Bonchev–Trinajstić information content (AvgIpc) is 2.93. The van der Waals surface area contributed by atoms with Gasteiger partial charge in [0.2, 0.25) is 5.13 Å². The molecule has 1 aromatic carbocycles. The summed E-state index contributed by atoms with van der Waals surface area (Å²) >= 11 is 1.29. The topological polar surface area (TPSA) is 73.3 Å². The predicted molar refractivity (Wildman–Crippen MR) is 80.4 cm³/mol. The Hall–Kier alpha value is -1.99. The van der Waals surface area contributed by atoms with E-state index in [1.165, 1.54) is 11.3 Å². The number of amides is 1. The molecule has 0 aliphatic carbocycles. The molecule has 1 heterocycles. The summed E-state index contributed by atoms with van der Waals surface area (Å²) in [5, 5.41) is 11.7. The number of carbonyl (C=O) groups is 1. The van der Waals surface area contributed by atoms with Crippen LogP contribution in [0.25, 0.3) is 0 Å². The highest BCUT2D eigenvalue weighted by molar-refractivity contribution is 7.15. The SMILES string of the molecule is CCOCc1nnc(NC(=O)[C@H](C)Oc2ccccc2)s1. The molecule has 0 saturated heterocycles. The molecule has 1 N–H and O–H groups in total. The van der Waals surface area contributed by atoms with Crippen molar-refractivity contribution >= 4 is 22.4 Å². The van der Waals surface area contributed by atoms with Gasteiger partial charge in [-0.3, -0.25) is 10.1 Å². The van der Waals surface area contributed by atoms with Crippen molar-refractivity contribution in [2.45, 2.75) is 26.6 Å². The highest BCUT2D eigenvalue weighted by Gasteiger charge is 2.16. The van der Waals surface area contributed by atoms with Crippen molar-refractivity contribution in [2.75, 3.05) is 11.9 Å². The predicted octanol–water partition coefficient (Wildman–Crippen LogP) is 2.48. The molecule has 1 atom stereocenters. The summed E-state index contributed by atoms with van der Waals surface area (Å²) in [4.78, 5) is 12.0. The van der Waals surface area contributed by atoms with E-state index in [0.29, 0.717) is 24.1 Å². The maximum Gasteiger partial charge on any atom is 0.266 e. The van der Waals surface area contributed by atoms with Crippen molar-refractivity contribution in [1.29, 1.82) is 0 Å². The number of hydrogen-bond acceptors (Lipinski definition) is 6. The summed E-state index contributed by atoms with van der Waals surface area (Å²) in [6, 6.07) is 9.19. The number of para-hydroxylation sites is 1. The van der Waals surface area contributed by atoms with E-state index in [9.17, 15) is 4.79 Å². The minimum Gasteiger partial charge on any atom is -0.481 e. The fourth-order valence-electron chi connectivity index (χ4n) is 1.52. The van der Waals surface area contributed by atoms with Crippen LogP contribution in [0.1, 0.15) is 18.9 Å². The van der Waals surface area contributed by atoms with E-state index in [2.05, 4.69) is 15.5 Å². The molecule has 0 aliphatic heterocycles. The summed E-state index contributed by atoms with van der Waals surface area (Å²) in [7, 11) is 0. The lowest BCUT2D eigenvalue weighted by Crippen LogP contribution is -2.30. The van der Waals surface area contributed by atoms with Crippen LogP contribution in [0.2, 0.25) is 0 Å². The molecule has 7 heteroatoms. The monoisotopic (exact) mass is 307 g/mol. The first kappa shape index (κ1) is 15.4. The summed E-state index contributed by atoms with van der Waals surface area (Å²) in [6.45, 7) is 4.61. The summed E-state index contributed by atoms with van der Waals surface area (Å²) in [5.41, 5.74) is 0. The van der Waals surface area contributed by atoms with E-state index in [1.807, 2.05) is 25.1 Å². The van der Waals surface area contributed by atoms with Gasteiger partial charge in [-0.15, -0.1) is 10.2 Å². The zero-order valence-electron chi connectivity index (χ0n) is 11.9. The summed E-state index contributed by atoms with van der Waals surface area (Å²) in [5.74, 6) is 0.382. The fourth-order valence-corrected chi connectivity index (χ4v) is 2.20. The molecule has 2 rings (SSSR count). The molecule has 0 spiro atoms. The Kier molecular flexibility index (Phi) is 5.65. The van der Waals surface area contributed by atoms with Gasteiger partial charge in [-0.25, -0.2) is 0 Å². The second-order valence-electron chi connectivity index (χ2n) is 4.20. The lowest BCUT2D eigenvalue weighted by molar-refractivity contribution is -0.122. The van der Waals surface area contributed by atoms with Gasteiger partial charge >= 0.3 is 0 Å². The van der Waals surface area contributed by atoms with Gasteiger partial charge in [0.05, 0.1) is 0 Å². The lowest BCUT2D eigenvalue weighted by Gasteiger charge is -2.13. The van der Waals surface area contributed by atoms with E-state index in [0.717, 1.165) is 5.01 Å². The summed E-state index contributed by atoms with van der Waals surface area (Å²) < 4.78 is 10.8. The van der Waals surface area contributed by atoms with Gasteiger partial charge in [0, 0.05) is 6.61 Å². The highest BCUT2D eigenvalue weighted by atomic mass is 32.1. The van der Waals surface area contributed by atoms with Gasteiger partial charge in [0.25, 0.3) is 5.91 Å². The first-order valence-electron chi connectivity index (χ1n) is 6.61. The smallest absolute Gasteiger partial charge is 0.266 e. The number of nitrogens with zero attached hydrogens (tertiary/aromatic N) is 2. The Morgan fingerprint density at radius 3 is 2.81 bits per heavy atom. The number of rotatable bonds is 7. The minimum absolute atomic E-state index is 0.266. The van der Waals surface area contributed by atoms with Gasteiger partial charge in [0.15, 0.2) is 6.10 Å². The van der Waals surface area contributed by atoms with E-state index < -0.39 is 6.10 Å². The number of benzene rings is 1. The standard InChI is InChI=1S/C14H17N3O3S/c1-3-19-9-12-16-17-14(21-12)15-13(18)10(2)20-11-7-5-4-6-8-11/h4-8,10H,3,9H2,1-2H3,(H,15,17,18)/t10-/m0/s1. The number of ether oxygens (including phenoxy) is 2. The highest BCUT2D eigenvalue weighted by Crippen LogP contribution is 2.17. The third-order valence-electron chi connectivity index (χ3n) is 2.55. The van der Waals surface area contributed by atoms with Crippen LogP contribution < -0.4 is 10.1 Å². The number of aromatic nitrogens is 2. The maximum absolute atomic E-state index is 12.0. The lowest BCUT2D eigenvalue weighted by atomic mass is 10.3. The van der Waals surface area contributed by atoms with Crippen molar-refractivity contribution in [3.8, 4) is 5.75 Å². The molecule has 112 valence electrons. The van der Waals surface area contributed by atoms with Crippen LogP contribution in [-0.2, 0) is 16.1 Å². The van der Waals surface area contributed by atoms with Crippen molar-refractivity contribution in [3.63, 3.8) is 0 Å². The summed E-state index contributed by atoms with van der Waals surface area (Å²) in [6.07, 6.45) is -0.619. The van der Waals surface area contributed by atoms with Crippen LogP contribution in [0.4, 0.5) is 5.13 Å². The first-order valence-corrected chi connectivity index (χ1v) is 7.43. The maximum atomic E-state index is 12.0. The largest absolute Gasteiger partial charge is 0.481 e. The molecular formula is C14H17N3O3S. The Morgan fingerprint density at radius 2 is 2.10 bits per heavy atom. The van der Waals surface area contributed by atoms with Crippen LogP contribution in [0, 0.1) is 0 Å². The Bertz CT molecular complexity index is 574. The molecule has 6 nitrogen and oxygen atoms in total. The van der Waals surface area contributed by atoms with Crippen LogP contribution >= 0.6 is 11.3 Å². The van der Waals surface area contributed by atoms with Crippen molar-refractivity contribution in [2.24, 2.45) is 0 Å². The Labute approximate surface area is 127 Å². The van der Waals surface area contributed by atoms with Gasteiger partial charge in [-0.05, 0) is 26.0 Å². The molecule has 0 radical (unpaired) electrons. The molecule has 2 aromatic rings. The number of carbonyl (C=O) groups excluding carboxylic acids is 1. The second kappa shape index (κ2) is 7.70. The number of nitrogens with one attached hydrogen (secondary N) is 1. The normalized spacial score (nSPS) is 11.9. The molecule has 21 heavy (non-hydrogen) atoms. The average molecular weight is 307 g/mol. The van der Waals surface area contributed by atoms with Crippen molar-refractivity contribution in [3.05, 3.63) is 35.3 Å². The Morgan fingerprint density at radius 1 is 1.33 bits per heavy atom. The zero-order valence-corrected chi connectivity index (χ0v) is 12.7. The molecule has 0 aliphatic rings. The van der Waals surface area contributed by atoms with E-state index in [1.54, 1.807) is 19.1 Å². The quantitative estimate of drug-likeness (QED) is 0.850. The molecule has 1 amide bonds. The second-order valence-corrected chi connectivity index (χ2v) is 5.26. The molecule has 0 unspecified atom stereocenters. The van der Waals surface area contributed by atoms with Gasteiger partial charge in [-0.2, -0.15) is 0 Å². The van der Waals surface area contributed by atoms with Crippen LogP contribution in [0.15, 0.2) is 30.3 Å². The molecule has 0 saturated carbocycles. The van der Waals surface area contributed by atoms with Crippen LogP contribution in [0.3, 0.4) is 0 Å². The first-order chi connectivity index (χ1) is 10.2. The van der Waals surface area contributed by atoms with Crippen molar-refractivity contribution < 1.29 is 14.3 Å². The zero-order chi connectivity index (χ0) is 15.1.